The first-order valence-electron chi connectivity index (χ1n) is 10.7. The molecule has 1 aromatic heterocycles. The minimum atomic E-state index is -3.54. The zero-order chi connectivity index (χ0) is 25.2. The normalized spacial score (nSPS) is 19.2. The maximum Gasteiger partial charge on any atom is 0.269 e. The number of rotatable bonds is 4. The van der Waals surface area contributed by atoms with Gasteiger partial charge in [-0.05, 0) is 53.4 Å². The Bertz CT molecular complexity index is 1570. The zero-order valence-electron chi connectivity index (χ0n) is 18.7. The summed E-state index contributed by atoms with van der Waals surface area (Å²) in [5, 5.41) is 2.35. The number of carbonyl (C=O) groups excluding carboxylic acids is 1. The number of anilines is 1. The molecule has 0 fully saturated rings. The molecule has 7 nitrogen and oxygen atoms in total. The van der Waals surface area contributed by atoms with Crippen molar-refractivity contribution >= 4 is 43.6 Å². The smallest absolute Gasteiger partial charge is 0.269 e. The van der Waals surface area contributed by atoms with Gasteiger partial charge in [0, 0.05) is 43.3 Å². The molecule has 1 atom stereocenters. The Labute approximate surface area is 204 Å². The van der Waals surface area contributed by atoms with Crippen molar-refractivity contribution in [3.63, 3.8) is 0 Å². The fraction of sp³-hybridized carbons (Fsp3) is 0.250. The Morgan fingerprint density at radius 2 is 2.00 bits per heavy atom. The molecule has 1 unspecified atom stereocenters. The Hall–Kier alpha value is -3.24. The van der Waals surface area contributed by atoms with Crippen LogP contribution in [0.5, 0.6) is 0 Å². The largest absolute Gasteiger partial charge is 0.384 e. The molecule has 0 amide bonds. The van der Waals surface area contributed by atoms with Crippen molar-refractivity contribution < 1.29 is 22.0 Å². The number of allylic oxidation sites excluding steroid dienone is 2. The molecule has 5 rings (SSSR count). The molecule has 0 bridgehead atoms. The van der Waals surface area contributed by atoms with E-state index in [2.05, 4.69) is 5.32 Å². The van der Waals surface area contributed by atoms with E-state index < -0.39 is 38.5 Å². The molecule has 1 aliphatic carbocycles. The highest BCUT2D eigenvalue weighted by atomic mass is 35.5. The summed E-state index contributed by atoms with van der Waals surface area (Å²) in [5.74, 6) is -2.05. The summed E-state index contributed by atoms with van der Waals surface area (Å²) in [5.41, 5.74) is 1.82. The molecule has 1 N–H and O–H groups in total. The molecule has 35 heavy (non-hydrogen) atoms. The maximum atomic E-state index is 14.9. The number of sulfone groups is 1. The molecular formula is C24H20ClF2N3O4S. The van der Waals surface area contributed by atoms with Crippen molar-refractivity contribution in [2.75, 3.05) is 23.5 Å². The number of aryl methyl sites for hydroxylation is 1. The van der Waals surface area contributed by atoms with Crippen LogP contribution in [0.2, 0.25) is 0 Å². The third-order valence-corrected chi connectivity index (χ3v) is 7.39. The minimum absolute atomic E-state index is 0.0472. The van der Waals surface area contributed by atoms with Crippen LogP contribution in [0.3, 0.4) is 0 Å². The van der Waals surface area contributed by atoms with Gasteiger partial charge in [0.15, 0.2) is 9.84 Å². The SMILES string of the molecule is Cn1ccc2c(c1=O)C1=C3C(=C(C(=O)Cl)N(c4ccc(F)cc4F)C3CCN1)C=C2CS(C)(=O)=O. The van der Waals surface area contributed by atoms with Gasteiger partial charge in [0.05, 0.1) is 28.7 Å². The highest BCUT2D eigenvalue weighted by molar-refractivity contribution is 7.91. The lowest BCUT2D eigenvalue weighted by atomic mass is 9.91. The number of benzene rings is 1. The van der Waals surface area contributed by atoms with Gasteiger partial charge in [-0.15, -0.1) is 0 Å². The number of fused-ring (bicyclic) bond motifs is 2. The van der Waals surface area contributed by atoms with Crippen LogP contribution in [0.15, 0.2) is 58.2 Å². The summed E-state index contributed by atoms with van der Waals surface area (Å²) in [6.45, 7) is 0.388. The number of nitrogens with one attached hydrogen (secondary N) is 1. The Kier molecular flexibility index (Phi) is 5.48. The standard InChI is InChI=1S/C24H20ClF2N3O4S/c1-29-8-6-14-12(11-35(2,33)34)9-15-19-18(5-7-28-21(19)20(14)24(29)32)30(22(15)23(25)31)17-4-3-13(26)10-16(17)27/h3-4,6,8-10,18,28H,5,7,11H2,1-2H3. The maximum absolute atomic E-state index is 14.9. The van der Waals surface area contributed by atoms with Gasteiger partial charge in [-0.3, -0.25) is 9.59 Å². The lowest BCUT2D eigenvalue weighted by molar-refractivity contribution is -0.108. The van der Waals surface area contributed by atoms with Crippen LogP contribution >= 0.6 is 11.6 Å². The van der Waals surface area contributed by atoms with Crippen LogP contribution in [-0.4, -0.2) is 42.8 Å². The van der Waals surface area contributed by atoms with Crippen molar-refractivity contribution in [3.05, 3.63) is 86.5 Å². The van der Waals surface area contributed by atoms with Crippen LogP contribution in [-0.2, 0) is 21.7 Å². The van der Waals surface area contributed by atoms with Gasteiger partial charge in [-0.2, -0.15) is 0 Å². The first-order valence-corrected chi connectivity index (χ1v) is 13.2. The summed E-state index contributed by atoms with van der Waals surface area (Å²) in [4.78, 5) is 27.5. The molecule has 2 aromatic rings. The molecule has 0 saturated heterocycles. The fourth-order valence-corrected chi connectivity index (χ4v) is 6.05. The molecule has 0 spiro atoms. The summed E-state index contributed by atoms with van der Waals surface area (Å²) in [6, 6.07) is 4.10. The van der Waals surface area contributed by atoms with Gasteiger partial charge < -0.3 is 14.8 Å². The third kappa shape index (κ3) is 3.81. The first kappa shape index (κ1) is 23.5. The molecule has 2 aliphatic heterocycles. The van der Waals surface area contributed by atoms with E-state index >= 15 is 0 Å². The van der Waals surface area contributed by atoms with Crippen molar-refractivity contribution in [1.29, 1.82) is 0 Å². The average molecular weight is 520 g/mol. The van der Waals surface area contributed by atoms with Crippen molar-refractivity contribution in [2.24, 2.45) is 7.05 Å². The molecule has 182 valence electrons. The van der Waals surface area contributed by atoms with Gasteiger partial charge in [0.1, 0.15) is 17.3 Å². The lowest BCUT2D eigenvalue weighted by Crippen LogP contribution is -2.40. The molecule has 0 radical (unpaired) electrons. The lowest BCUT2D eigenvalue weighted by Gasteiger charge is -2.33. The quantitative estimate of drug-likeness (QED) is 0.625. The van der Waals surface area contributed by atoms with Crippen molar-refractivity contribution in [2.45, 2.75) is 12.5 Å². The summed E-state index contributed by atoms with van der Waals surface area (Å²) >= 11 is 6.03. The van der Waals surface area contributed by atoms with Gasteiger partial charge in [0.2, 0.25) is 0 Å². The second-order valence-corrected chi connectivity index (χ2v) is 11.3. The molecular weight excluding hydrogens is 500 g/mol. The second-order valence-electron chi connectivity index (χ2n) is 8.78. The van der Waals surface area contributed by atoms with Crippen LogP contribution in [0.4, 0.5) is 14.5 Å². The van der Waals surface area contributed by atoms with Gasteiger partial charge in [0.25, 0.3) is 10.8 Å². The monoisotopic (exact) mass is 519 g/mol. The highest BCUT2D eigenvalue weighted by Crippen LogP contribution is 2.48. The van der Waals surface area contributed by atoms with E-state index in [0.29, 0.717) is 40.9 Å². The molecule has 1 aromatic carbocycles. The molecule has 3 heterocycles. The Balaban J connectivity index is 1.90. The van der Waals surface area contributed by atoms with E-state index in [-0.39, 0.29) is 22.5 Å². The predicted octanol–water partition coefficient (Wildman–Crippen LogP) is 2.72. The van der Waals surface area contributed by atoms with Crippen LogP contribution < -0.4 is 15.8 Å². The van der Waals surface area contributed by atoms with Crippen LogP contribution in [0.1, 0.15) is 17.5 Å². The number of pyridine rings is 1. The van der Waals surface area contributed by atoms with E-state index in [1.807, 2.05) is 0 Å². The topological polar surface area (TPSA) is 88.5 Å². The highest BCUT2D eigenvalue weighted by Gasteiger charge is 2.45. The number of hydrogen-bond acceptors (Lipinski definition) is 6. The van der Waals surface area contributed by atoms with Gasteiger partial charge >= 0.3 is 0 Å². The van der Waals surface area contributed by atoms with E-state index in [4.69, 9.17) is 11.6 Å². The number of halogens is 3. The first-order chi connectivity index (χ1) is 16.5. The van der Waals surface area contributed by atoms with Crippen molar-refractivity contribution in [1.82, 2.24) is 9.88 Å². The number of nitrogens with zero attached hydrogens (tertiary/aromatic N) is 2. The van der Waals surface area contributed by atoms with Gasteiger partial charge in [-0.25, -0.2) is 17.2 Å². The second kappa shape index (κ2) is 8.17. The van der Waals surface area contributed by atoms with Crippen molar-refractivity contribution in [3.8, 4) is 0 Å². The van der Waals surface area contributed by atoms with E-state index in [9.17, 15) is 26.8 Å². The van der Waals surface area contributed by atoms with E-state index in [1.165, 1.54) is 15.5 Å². The fourth-order valence-electron chi connectivity index (χ4n) is 5.05. The molecule has 0 saturated carbocycles. The van der Waals surface area contributed by atoms with Crippen LogP contribution in [0, 0.1) is 11.6 Å². The Morgan fingerprint density at radius 3 is 2.66 bits per heavy atom. The third-order valence-electron chi connectivity index (χ3n) is 6.38. The molecule has 11 heteroatoms. The Morgan fingerprint density at radius 1 is 1.26 bits per heavy atom. The average Bonchev–Trinajstić information content (AvgIpc) is 3.01. The van der Waals surface area contributed by atoms with Gasteiger partial charge in [-0.1, -0.05) is 0 Å². The number of hydrogen-bond donors (Lipinski definition) is 1. The van der Waals surface area contributed by atoms with E-state index in [1.54, 1.807) is 25.4 Å². The van der Waals surface area contributed by atoms with E-state index in [0.717, 1.165) is 18.4 Å². The van der Waals surface area contributed by atoms with Crippen LogP contribution in [0.25, 0.3) is 11.3 Å². The zero-order valence-corrected chi connectivity index (χ0v) is 20.3. The molecule has 3 aliphatic rings. The summed E-state index contributed by atoms with van der Waals surface area (Å²) in [6.07, 6.45) is 4.58. The minimum Gasteiger partial charge on any atom is -0.384 e. The number of carbonyl (C=O) groups is 1. The predicted molar refractivity (Wildman–Crippen MR) is 129 cm³/mol. The summed E-state index contributed by atoms with van der Waals surface area (Å²) in [7, 11) is -1.96. The summed E-state index contributed by atoms with van der Waals surface area (Å²) < 4.78 is 54.6. The number of aromatic nitrogens is 1.